The number of amides is 1. The van der Waals surface area contributed by atoms with Crippen molar-refractivity contribution >= 4 is 40.9 Å². The van der Waals surface area contributed by atoms with E-state index in [-0.39, 0.29) is 11.3 Å². The number of thioether (sulfide) groups is 1. The zero-order valence-corrected chi connectivity index (χ0v) is 15.9. The summed E-state index contributed by atoms with van der Waals surface area (Å²) in [5, 5.41) is 0.984. The van der Waals surface area contributed by atoms with Crippen LogP contribution >= 0.6 is 35.0 Å². The fourth-order valence-electron chi connectivity index (χ4n) is 2.87. The van der Waals surface area contributed by atoms with Gasteiger partial charge in [0.05, 0.1) is 10.8 Å². The molecule has 2 aromatic heterocycles. The molecule has 0 radical (unpaired) electrons. The Morgan fingerprint density at radius 3 is 2.92 bits per heavy atom. The standard InChI is InChI=1S/C19H14Cl2N2O2S/c20-13-3-4-15(21)14(8-13)16-5-6-17(25-16)19-23(18(24)11-26-19)10-12-2-1-7-22-9-12/h1-9,19H,10-11H2/t19-/m0/s1. The van der Waals surface area contributed by atoms with Gasteiger partial charge in [0, 0.05) is 29.5 Å². The minimum Gasteiger partial charge on any atom is -0.458 e. The molecule has 1 atom stereocenters. The first kappa shape index (κ1) is 17.5. The van der Waals surface area contributed by atoms with Gasteiger partial charge in [-0.2, -0.15) is 0 Å². The van der Waals surface area contributed by atoms with E-state index < -0.39 is 0 Å². The molecule has 4 nitrogen and oxygen atoms in total. The quantitative estimate of drug-likeness (QED) is 0.581. The van der Waals surface area contributed by atoms with Gasteiger partial charge in [-0.05, 0) is 42.0 Å². The molecular weight excluding hydrogens is 391 g/mol. The zero-order chi connectivity index (χ0) is 18.1. The number of carbonyl (C=O) groups excluding carboxylic acids is 1. The van der Waals surface area contributed by atoms with Crippen LogP contribution in [0.2, 0.25) is 10.0 Å². The minimum atomic E-state index is -0.172. The summed E-state index contributed by atoms with van der Waals surface area (Å²) in [6.45, 7) is 0.498. The third-order valence-corrected chi connectivity index (χ3v) is 5.89. The number of pyridine rings is 1. The number of hydrogen-bond donors (Lipinski definition) is 0. The highest BCUT2D eigenvalue weighted by Gasteiger charge is 2.35. The SMILES string of the molecule is O=C1CS[C@@H](c2ccc(-c3cc(Cl)ccc3Cl)o2)N1Cc1cccnc1. The van der Waals surface area contributed by atoms with E-state index in [0.29, 0.717) is 28.1 Å². The van der Waals surface area contributed by atoms with Crippen molar-refractivity contribution in [1.82, 2.24) is 9.88 Å². The molecule has 1 aliphatic rings. The van der Waals surface area contributed by atoms with E-state index in [4.69, 9.17) is 27.6 Å². The van der Waals surface area contributed by atoms with Crippen LogP contribution in [0.5, 0.6) is 0 Å². The molecule has 0 saturated carbocycles. The zero-order valence-electron chi connectivity index (χ0n) is 13.6. The first-order valence-electron chi connectivity index (χ1n) is 7.97. The Balaban J connectivity index is 1.61. The van der Waals surface area contributed by atoms with Crippen LogP contribution in [0.1, 0.15) is 16.7 Å². The molecule has 0 aliphatic carbocycles. The molecule has 1 aliphatic heterocycles. The Morgan fingerprint density at radius 1 is 1.23 bits per heavy atom. The van der Waals surface area contributed by atoms with E-state index in [1.54, 1.807) is 42.4 Å². The number of carbonyl (C=O) groups is 1. The lowest BCUT2D eigenvalue weighted by atomic mass is 10.2. The lowest BCUT2D eigenvalue weighted by molar-refractivity contribution is -0.128. The Labute approximate surface area is 165 Å². The molecule has 3 aromatic rings. The van der Waals surface area contributed by atoms with Gasteiger partial charge in [-0.3, -0.25) is 9.78 Å². The second kappa shape index (κ2) is 7.35. The van der Waals surface area contributed by atoms with Crippen LogP contribution in [0.25, 0.3) is 11.3 Å². The number of furan rings is 1. The molecule has 1 aromatic carbocycles. The van der Waals surface area contributed by atoms with Crippen LogP contribution in [-0.2, 0) is 11.3 Å². The lowest BCUT2D eigenvalue weighted by Crippen LogP contribution is -2.27. The summed E-state index contributed by atoms with van der Waals surface area (Å²) >= 11 is 13.9. The average Bonchev–Trinajstić information content (AvgIpc) is 3.26. The molecule has 1 saturated heterocycles. The average molecular weight is 405 g/mol. The second-order valence-corrected chi connectivity index (χ2v) is 7.78. The third kappa shape index (κ3) is 3.47. The Morgan fingerprint density at radius 2 is 2.12 bits per heavy atom. The maximum Gasteiger partial charge on any atom is 0.234 e. The topological polar surface area (TPSA) is 46.3 Å². The number of nitrogens with zero attached hydrogens (tertiary/aromatic N) is 2. The van der Waals surface area contributed by atoms with Crippen molar-refractivity contribution in [3.8, 4) is 11.3 Å². The van der Waals surface area contributed by atoms with Crippen molar-refractivity contribution < 1.29 is 9.21 Å². The smallest absolute Gasteiger partial charge is 0.234 e. The molecule has 0 N–H and O–H groups in total. The van der Waals surface area contributed by atoms with Crippen LogP contribution in [0.15, 0.2) is 59.3 Å². The van der Waals surface area contributed by atoms with E-state index in [0.717, 1.165) is 16.9 Å². The normalized spacial score (nSPS) is 17.1. The summed E-state index contributed by atoms with van der Waals surface area (Å²) in [5.41, 5.74) is 1.72. The number of halogens is 2. The molecule has 132 valence electrons. The summed E-state index contributed by atoms with van der Waals surface area (Å²) in [6.07, 6.45) is 3.49. The van der Waals surface area contributed by atoms with Gasteiger partial charge in [0.15, 0.2) is 0 Å². The predicted octanol–water partition coefficient (Wildman–Crippen LogP) is 5.42. The first-order chi connectivity index (χ1) is 12.6. The second-order valence-electron chi connectivity index (χ2n) is 5.87. The van der Waals surface area contributed by atoms with Gasteiger partial charge in [0.25, 0.3) is 0 Å². The van der Waals surface area contributed by atoms with E-state index in [2.05, 4.69) is 4.98 Å². The minimum absolute atomic E-state index is 0.0857. The van der Waals surface area contributed by atoms with Gasteiger partial charge >= 0.3 is 0 Å². The van der Waals surface area contributed by atoms with Crippen LogP contribution in [0, 0.1) is 0 Å². The fraction of sp³-hybridized carbons (Fsp3) is 0.158. The summed E-state index contributed by atoms with van der Waals surface area (Å²) < 4.78 is 6.03. The highest BCUT2D eigenvalue weighted by Crippen LogP contribution is 2.42. The largest absolute Gasteiger partial charge is 0.458 e. The van der Waals surface area contributed by atoms with Crippen LogP contribution in [-0.4, -0.2) is 21.5 Å². The molecule has 7 heteroatoms. The van der Waals surface area contributed by atoms with Gasteiger partial charge < -0.3 is 9.32 Å². The Kier molecular flexibility index (Phi) is 4.94. The van der Waals surface area contributed by atoms with E-state index in [1.165, 1.54) is 0 Å². The van der Waals surface area contributed by atoms with Crippen molar-refractivity contribution in [2.45, 2.75) is 11.9 Å². The highest BCUT2D eigenvalue weighted by atomic mass is 35.5. The molecule has 0 bridgehead atoms. The molecule has 0 unspecified atom stereocenters. The van der Waals surface area contributed by atoms with Crippen molar-refractivity contribution in [1.29, 1.82) is 0 Å². The summed E-state index contributed by atoms with van der Waals surface area (Å²) in [4.78, 5) is 18.3. The maximum atomic E-state index is 12.3. The number of hydrogen-bond acceptors (Lipinski definition) is 4. The summed E-state index contributed by atoms with van der Waals surface area (Å²) in [5.74, 6) is 1.87. The van der Waals surface area contributed by atoms with Gasteiger partial charge in [-0.1, -0.05) is 29.3 Å². The molecule has 3 heterocycles. The Hall–Kier alpha value is -1.95. The van der Waals surface area contributed by atoms with Crippen molar-refractivity contribution in [3.05, 3.63) is 76.2 Å². The fourth-order valence-corrected chi connectivity index (χ4v) is 4.38. The van der Waals surface area contributed by atoms with Crippen LogP contribution in [0.3, 0.4) is 0 Å². The van der Waals surface area contributed by atoms with E-state index in [1.807, 2.05) is 29.2 Å². The molecular formula is C19H14Cl2N2O2S. The molecule has 26 heavy (non-hydrogen) atoms. The summed E-state index contributed by atoms with van der Waals surface area (Å²) in [7, 11) is 0. The van der Waals surface area contributed by atoms with E-state index in [9.17, 15) is 4.79 Å². The third-order valence-electron chi connectivity index (χ3n) is 4.11. The van der Waals surface area contributed by atoms with E-state index >= 15 is 0 Å². The highest BCUT2D eigenvalue weighted by molar-refractivity contribution is 8.00. The number of aromatic nitrogens is 1. The van der Waals surface area contributed by atoms with Gasteiger partial charge in [0.2, 0.25) is 5.91 Å². The number of rotatable bonds is 4. The van der Waals surface area contributed by atoms with Crippen molar-refractivity contribution in [2.24, 2.45) is 0 Å². The van der Waals surface area contributed by atoms with Gasteiger partial charge in [0.1, 0.15) is 16.9 Å². The van der Waals surface area contributed by atoms with Gasteiger partial charge in [-0.25, -0.2) is 0 Å². The molecule has 0 spiro atoms. The summed E-state index contributed by atoms with van der Waals surface area (Å²) in [6, 6.07) is 12.8. The van der Waals surface area contributed by atoms with Gasteiger partial charge in [-0.15, -0.1) is 11.8 Å². The van der Waals surface area contributed by atoms with Crippen molar-refractivity contribution in [2.75, 3.05) is 5.75 Å². The Bertz CT molecular complexity index is 946. The monoisotopic (exact) mass is 404 g/mol. The molecule has 4 rings (SSSR count). The lowest BCUT2D eigenvalue weighted by Gasteiger charge is -2.22. The van der Waals surface area contributed by atoms with Crippen molar-refractivity contribution in [3.63, 3.8) is 0 Å². The first-order valence-corrected chi connectivity index (χ1v) is 9.77. The number of benzene rings is 1. The maximum absolute atomic E-state index is 12.3. The van der Waals surface area contributed by atoms with Crippen LogP contribution < -0.4 is 0 Å². The molecule has 1 fully saturated rings. The van der Waals surface area contributed by atoms with Crippen LogP contribution in [0.4, 0.5) is 0 Å². The predicted molar refractivity (Wildman–Crippen MR) is 104 cm³/mol. The molecule has 1 amide bonds.